The third-order valence-electron chi connectivity index (χ3n) is 2.73. The van der Waals surface area contributed by atoms with Gasteiger partial charge in [0, 0.05) is 12.8 Å². The van der Waals surface area contributed by atoms with Crippen molar-refractivity contribution in [3.8, 4) is 0 Å². The van der Waals surface area contributed by atoms with Crippen LogP contribution in [0.5, 0.6) is 0 Å². The molecule has 0 radical (unpaired) electrons. The van der Waals surface area contributed by atoms with Gasteiger partial charge in [-0.2, -0.15) is 4.98 Å². The fourth-order valence-electron chi connectivity index (χ4n) is 1.80. The quantitative estimate of drug-likeness (QED) is 0.812. The van der Waals surface area contributed by atoms with Gasteiger partial charge in [-0.15, -0.1) is 0 Å². The second-order valence-corrected chi connectivity index (χ2v) is 5.31. The highest BCUT2D eigenvalue weighted by atomic mass is 35.5. The zero-order valence-corrected chi connectivity index (χ0v) is 12.5. The summed E-state index contributed by atoms with van der Waals surface area (Å²) in [7, 11) is 0. The van der Waals surface area contributed by atoms with Gasteiger partial charge in [-0.1, -0.05) is 41.3 Å². The van der Waals surface area contributed by atoms with E-state index in [0.717, 1.165) is 12.0 Å². The van der Waals surface area contributed by atoms with E-state index in [1.807, 2.05) is 13.0 Å². The van der Waals surface area contributed by atoms with Gasteiger partial charge in [0.1, 0.15) is 5.78 Å². The summed E-state index contributed by atoms with van der Waals surface area (Å²) >= 11 is 11.8. The highest BCUT2D eigenvalue weighted by Crippen LogP contribution is 2.23. The lowest BCUT2D eigenvalue weighted by molar-refractivity contribution is -0.118. The van der Waals surface area contributed by atoms with Gasteiger partial charge < -0.3 is 4.52 Å². The van der Waals surface area contributed by atoms with E-state index in [1.165, 1.54) is 0 Å². The topological polar surface area (TPSA) is 56.0 Å². The Balaban J connectivity index is 2.02. The fraction of sp³-hybridized carbons (Fsp3) is 0.357. The third kappa shape index (κ3) is 4.05. The number of carbonyl (C=O) groups excluding carboxylic acids is 1. The van der Waals surface area contributed by atoms with Crippen LogP contribution in [0.15, 0.2) is 22.7 Å². The summed E-state index contributed by atoms with van der Waals surface area (Å²) < 4.78 is 5.07. The molecule has 0 aliphatic carbocycles. The Bertz CT molecular complexity index is 611. The van der Waals surface area contributed by atoms with Crippen LogP contribution in [0.4, 0.5) is 0 Å². The van der Waals surface area contributed by atoms with Crippen molar-refractivity contribution in [3.63, 3.8) is 0 Å². The Morgan fingerprint density at radius 2 is 2.10 bits per heavy atom. The lowest BCUT2D eigenvalue weighted by Gasteiger charge is -1.99. The maximum Gasteiger partial charge on any atom is 0.234 e. The molecule has 2 rings (SSSR count). The fourth-order valence-corrected chi connectivity index (χ4v) is 2.12. The lowest BCUT2D eigenvalue weighted by atomic mass is 10.1. The molecule has 4 nitrogen and oxygen atoms in total. The predicted octanol–water partition coefficient (Wildman–Crippen LogP) is 3.88. The van der Waals surface area contributed by atoms with E-state index in [4.69, 9.17) is 27.7 Å². The van der Waals surface area contributed by atoms with Crippen molar-refractivity contribution < 1.29 is 9.32 Å². The van der Waals surface area contributed by atoms with Crippen molar-refractivity contribution >= 4 is 29.0 Å². The molecule has 6 heteroatoms. The number of hydrogen-bond donors (Lipinski definition) is 0. The molecule has 106 valence electrons. The maximum atomic E-state index is 11.5. The molecule has 1 aromatic heterocycles. The van der Waals surface area contributed by atoms with Crippen LogP contribution in [0.1, 0.15) is 37.0 Å². The number of nitrogens with zero attached hydrogens (tertiary/aromatic N) is 2. The van der Waals surface area contributed by atoms with Crippen LogP contribution < -0.4 is 0 Å². The minimum absolute atomic E-state index is 0.109. The van der Waals surface area contributed by atoms with Crippen molar-refractivity contribution in [1.82, 2.24) is 10.1 Å². The first-order chi connectivity index (χ1) is 9.58. The molecule has 0 saturated heterocycles. The lowest BCUT2D eigenvalue weighted by Crippen LogP contribution is -2.02. The van der Waals surface area contributed by atoms with Gasteiger partial charge in [0.2, 0.25) is 5.89 Å². The average Bonchev–Trinajstić information content (AvgIpc) is 2.81. The standard InChI is InChI=1S/C14H14Cl2N2O2/c1-2-3-10(19)8-14-17-13(18-20-14)7-9-4-5-11(15)12(16)6-9/h4-6H,2-3,7-8H2,1H3. The Labute approximate surface area is 127 Å². The Morgan fingerprint density at radius 3 is 2.80 bits per heavy atom. The van der Waals surface area contributed by atoms with Crippen molar-refractivity contribution in [1.29, 1.82) is 0 Å². The first-order valence-corrected chi connectivity index (χ1v) is 7.11. The van der Waals surface area contributed by atoms with E-state index in [1.54, 1.807) is 12.1 Å². The molecule has 0 N–H and O–H groups in total. The highest BCUT2D eigenvalue weighted by molar-refractivity contribution is 6.42. The molecule has 0 fully saturated rings. The second kappa shape index (κ2) is 6.86. The van der Waals surface area contributed by atoms with E-state index in [0.29, 0.717) is 34.6 Å². The van der Waals surface area contributed by atoms with E-state index in [-0.39, 0.29) is 12.2 Å². The molecule has 2 aromatic rings. The van der Waals surface area contributed by atoms with Crippen molar-refractivity contribution in [3.05, 3.63) is 45.5 Å². The summed E-state index contributed by atoms with van der Waals surface area (Å²) in [4.78, 5) is 15.7. The Kier molecular flexibility index (Phi) is 5.15. The summed E-state index contributed by atoms with van der Waals surface area (Å²) in [6.45, 7) is 1.96. The third-order valence-corrected chi connectivity index (χ3v) is 3.47. The molecule has 20 heavy (non-hydrogen) atoms. The smallest absolute Gasteiger partial charge is 0.234 e. The summed E-state index contributed by atoms with van der Waals surface area (Å²) in [5, 5.41) is 4.86. The van der Waals surface area contributed by atoms with E-state index >= 15 is 0 Å². The van der Waals surface area contributed by atoms with Crippen molar-refractivity contribution in [2.75, 3.05) is 0 Å². The molecular formula is C14H14Cl2N2O2. The Hall–Kier alpha value is -1.39. The van der Waals surface area contributed by atoms with E-state index in [2.05, 4.69) is 10.1 Å². The highest BCUT2D eigenvalue weighted by Gasteiger charge is 2.11. The summed E-state index contributed by atoms with van der Waals surface area (Å²) in [6.07, 6.45) is 2.04. The van der Waals surface area contributed by atoms with Crippen LogP contribution in [0.3, 0.4) is 0 Å². The predicted molar refractivity (Wildman–Crippen MR) is 77.2 cm³/mol. The number of Topliss-reactive ketones (excluding diaryl/α,β-unsaturated/α-hetero) is 1. The first kappa shape index (κ1) is 15.0. The Morgan fingerprint density at radius 1 is 1.30 bits per heavy atom. The molecule has 1 heterocycles. The number of carbonyl (C=O) groups is 1. The molecule has 1 aromatic carbocycles. The number of hydrogen-bond acceptors (Lipinski definition) is 4. The van der Waals surface area contributed by atoms with E-state index in [9.17, 15) is 4.79 Å². The number of halogens is 2. The minimum atomic E-state index is 0.109. The van der Waals surface area contributed by atoms with Crippen LogP contribution in [0, 0.1) is 0 Å². The van der Waals surface area contributed by atoms with Crippen LogP contribution in [0.25, 0.3) is 0 Å². The monoisotopic (exact) mass is 312 g/mol. The SMILES string of the molecule is CCCC(=O)Cc1nc(Cc2ccc(Cl)c(Cl)c2)no1. The van der Waals surface area contributed by atoms with Gasteiger partial charge in [0.15, 0.2) is 5.82 Å². The molecule has 0 spiro atoms. The van der Waals surface area contributed by atoms with Crippen molar-refractivity contribution in [2.24, 2.45) is 0 Å². The van der Waals surface area contributed by atoms with Gasteiger partial charge in [0.05, 0.1) is 16.5 Å². The average molecular weight is 313 g/mol. The molecule has 0 saturated carbocycles. The van der Waals surface area contributed by atoms with Crippen LogP contribution >= 0.6 is 23.2 Å². The molecule has 0 unspecified atom stereocenters. The molecule has 0 aliphatic heterocycles. The van der Waals surface area contributed by atoms with Gasteiger partial charge in [-0.25, -0.2) is 0 Å². The van der Waals surface area contributed by atoms with Crippen LogP contribution in [-0.2, 0) is 17.6 Å². The van der Waals surface area contributed by atoms with Gasteiger partial charge >= 0.3 is 0 Å². The molecule has 0 amide bonds. The first-order valence-electron chi connectivity index (χ1n) is 6.35. The van der Waals surface area contributed by atoms with Crippen molar-refractivity contribution in [2.45, 2.75) is 32.6 Å². The van der Waals surface area contributed by atoms with Gasteiger partial charge in [-0.05, 0) is 24.1 Å². The van der Waals surface area contributed by atoms with Gasteiger partial charge in [0.25, 0.3) is 0 Å². The molecule has 0 atom stereocenters. The van der Waals surface area contributed by atoms with Gasteiger partial charge in [-0.3, -0.25) is 4.79 Å². The number of ketones is 1. The maximum absolute atomic E-state index is 11.5. The number of rotatable bonds is 6. The summed E-state index contributed by atoms with van der Waals surface area (Å²) in [5.74, 6) is 0.999. The van der Waals surface area contributed by atoms with Crippen LogP contribution in [0.2, 0.25) is 10.0 Å². The summed E-state index contributed by atoms with van der Waals surface area (Å²) in [5.41, 5.74) is 0.937. The second-order valence-electron chi connectivity index (χ2n) is 4.50. The molecule has 0 bridgehead atoms. The van der Waals surface area contributed by atoms with E-state index < -0.39 is 0 Å². The zero-order valence-electron chi connectivity index (χ0n) is 11.0. The molecule has 0 aliphatic rings. The zero-order chi connectivity index (χ0) is 14.5. The minimum Gasteiger partial charge on any atom is -0.339 e. The normalized spacial score (nSPS) is 10.8. The summed E-state index contributed by atoms with van der Waals surface area (Å²) in [6, 6.07) is 5.35. The van der Waals surface area contributed by atoms with Crippen LogP contribution in [-0.4, -0.2) is 15.9 Å². The number of aromatic nitrogens is 2. The molecular weight excluding hydrogens is 299 g/mol. The largest absolute Gasteiger partial charge is 0.339 e. The number of benzene rings is 1.